The summed E-state index contributed by atoms with van der Waals surface area (Å²) in [6.45, 7) is 6.65. The minimum atomic E-state index is 0.562. The van der Waals surface area contributed by atoms with Gasteiger partial charge in [0, 0.05) is 21.8 Å². The number of rotatable bonds is 5. The molecule has 0 aliphatic carbocycles. The van der Waals surface area contributed by atoms with Crippen molar-refractivity contribution in [3.05, 3.63) is 21.9 Å². The van der Waals surface area contributed by atoms with E-state index in [1.165, 1.54) is 35.6 Å². The van der Waals surface area contributed by atoms with Gasteiger partial charge in [0.25, 0.3) is 0 Å². The molecule has 0 saturated carbocycles. The second-order valence-corrected chi connectivity index (χ2v) is 6.50. The summed E-state index contributed by atoms with van der Waals surface area (Å²) in [6, 6.07) is 5.87. The average molecular weight is 266 g/mol. The van der Waals surface area contributed by atoms with E-state index < -0.39 is 0 Å². The summed E-state index contributed by atoms with van der Waals surface area (Å²) in [7, 11) is 0. The van der Waals surface area contributed by atoms with Gasteiger partial charge in [-0.1, -0.05) is 13.3 Å². The molecule has 1 aliphatic rings. The van der Waals surface area contributed by atoms with Crippen LogP contribution in [0, 0.1) is 0 Å². The van der Waals surface area contributed by atoms with Crippen LogP contribution in [0.25, 0.3) is 0 Å². The van der Waals surface area contributed by atoms with Crippen molar-refractivity contribution < 1.29 is 0 Å². The standard InChI is InChI=1S/C15H26N2S/c1-3-14-7-8-15(18-14)12(2)17-11-5-4-6-13(17)9-10-16/h7-8,12-13H,3-6,9-11,16H2,1-2H3. The Morgan fingerprint density at radius 3 is 2.94 bits per heavy atom. The van der Waals surface area contributed by atoms with Crippen LogP contribution in [0.15, 0.2) is 12.1 Å². The number of nitrogens with zero attached hydrogens (tertiary/aromatic N) is 1. The van der Waals surface area contributed by atoms with E-state index in [1.807, 2.05) is 11.3 Å². The Kier molecular flexibility index (Phi) is 5.22. The molecule has 2 rings (SSSR count). The van der Waals surface area contributed by atoms with E-state index in [0.717, 1.165) is 19.4 Å². The van der Waals surface area contributed by atoms with Crippen LogP contribution in [0.5, 0.6) is 0 Å². The summed E-state index contributed by atoms with van der Waals surface area (Å²) in [6.07, 6.45) is 6.35. The molecular formula is C15H26N2S. The van der Waals surface area contributed by atoms with Gasteiger partial charge in [-0.05, 0) is 57.8 Å². The van der Waals surface area contributed by atoms with E-state index in [0.29, 0.717) is 12.1 Å². The Labute approximate surface area is 115 Å². The van der Waals surface area contributed by atoms with Crippen LogP contribution in [-0.2, 0) is 6.42 Å². The quantitative estimate of drug-likeness (QED) is 0.882. The van der Waals surface area contributed by atoms with Crippen LogP contribution in [0.4, 0.5) is 0 Å². The Bertz CT molecular complexity index is 359. The van der Waals surface area contributed by atoms with E-state index in [9.17, 15) is 0 Å². The third-order valence-corrected chi connectivity index (χ3v) is 5.51. The number of aryl methyl sites for hydroxylation is 1. The molecule has 0 spiro atoms. The van der Waals surface area contributed by atoms with E-state index in [1.54, 1.807) is 0 Å². The molecule has 2 nitrogen and oxygen atoms in total. The first-order valence-electron chi connectivity index (χ1n) is 7.30. The molecule has 1 aromatic heterocycles. The fourth-order valence-electron chi connectivity index (χ4n) is 3.01. The summed E-state index contributed by atoms with van der Waals surface area (Å²) < 4.78 is 0. The fraction of sp³-hybridized carbons (Fsp3) is 0.733. The molecule has 1 aliphatic heterocycles. The predicted octanol–water partition coefficient (Wildman–Crippen LogP) is 3.57. The SMILES string of the molecule is CCc1ccc(C(C)N2CCCCC2CCN)s1. The van der Waals surface area contributed by atoms with Crippen molar-refractivity contribution in [2.45, 2.75) is 58.0 Å². The second-order valence-electron chi connectivity index (χ2n) is 5.30. The Hall–Kier alpha value is -0.380. The lowest BCUT2D eigenvalue weighted by atomic mass is 9.97. The van der Waals surface area contributed by atoms with Gasteiger partial charge >= 0.3 is 0 Å². The largest absolute Gasteiger partial charge is 0.330 e. The monoisotopic (exact) mass is 266 g/mol. The number of hydrogen-bond donors (Lipinski definition) is 1. The third kappa shape index (κ3) is 3.14. The van der Waals surface area contributed by atoms with Crippen LogP contribution >= 0.6 is 11.3 Å². The number of piperidine rings is 1. The van der Waals surface area contributed by atoms with Gasteiger partial charge in [-0.25, -0.2) is 0 Å². The van der Waals surface area contributed by atoms with Gasteiger partial charge in [-0.15, -0.1) is 11.3 Å². The first-order chi connectivity index (χ1) is 8.76. The lowest BCUT2D eigenvalue weighted by Crippen LogP contribution is -2.41. The molecule has 1 saturated heterocycles. The number of hydrogen-bond acceptors (Lipinski definition) is 3. The van der Waals surface area contributed by atoms with E-state index in [4.69, 9.17) is 5.73 Å². The minimum Gasteiger partial charge on any atom is -0.330 e. The highest BCUT2D eigenvalue weighted by Crippen LogP contribution is 2.33. The van der Waals surface area contributed by atoms with Crippen molar-refractivity contribution in [2.75, 3.05) is 13.1 Å². The second kappa shape index (κ2) is 6.69. The van der Waals surface area contributed by atoms with Gasteiger partial charge in [0.1, 0.15) is 0 Å². The Morgan fingerprint density at radius 2 is 2.28 bits per heavy atom. The summed E-state index contributed by atoms with van der Waals surface area (Å²) >= 11 is 1.98. The highest BCUT2D eigenvalue weighted by Gasteiger charge is 2.27. The molecule has 1 fully saturated rings. The van der Waals surface area contributed by atoms with E-state index in [2.05, 4.69) is 30.9 Å². The molecule has 0 amide bonds. The number of thiophene rings is 1. The normalized spacial score (nSPS) is 23.2. The molecule has 1 aromatic rings. The third-order valence-electron chi connectivity index (χ3n) is 4.11. The molecule has 2 atom stereocenters. The van der Waals surface area contributed by atoms with Gasteiger partial charge in [0.05, 0.1) is 0 Å². The topological polar surface area (TPSA) is 29.3 Å². The zero-order chi connectivity index (χ0) is 13.0. The van der Waals surface area contributed by atoms with E-state index >= 15 is 0 Å². The maximum atomic E-state index is 5.76. The summed E-state index contributed by atoms with van der Waals surface area (Å²) in [5.74, 6) is 0. The van der Waals surface area contributed by atoms with Gasteiger partial charge in [-0.3, -0.25) is 4.90 Å². The number of nitrogens with two attached hydrogens (primary N) is 1. The van der Waals surface area contributed by atoms with Gasteiger partial charge in [0.2, 0.25) is 0 Å². The van der Waals surface area contributed by atoms with Gasteiger partial charge < -0.3 is 5.73 Å². The highest BCUT2D eigenvalue weighted by molar-refractivity contribution is 7.12. The molecule has 3 heteroatoms. The van der Waals surface area contributed by atoms with Crippen molar-refractivity contribution in [3.8, 4) is 0 Å². The number of likely N-dealkylation sites (tertiary alicyclic amines) is 1. The minimum absolute atomic E-state index is 0.562. The van der Waals surface area contributed by atoms with Crippen LogP contribution in [0.2, 0.25) is 0 Å². The molecular weight excluding hydrogens is 240 g/mol. The molecule has 2 heterocycles. The van der Waals surface area contributed by atoms with Gasteiger partial charge in [0.15, 0.2) is 0 Å². The lowest BCUT2D eigenvalue weighted by molar-refractivity contribution is 0.100. The summed E-state index contributed by atoms with van der Waals surface area (Å²) in [4.78, 5) is 5.71. The van der Waals surface area contributed by atoms with Crippen molar-refractivity contribution in [2.24, 2.45) is 5.73 Å². The maximum Gasteiger partial charge on any atom is 0.0416 e. The molecule has 0 radical (unpaired) electrons. The Morgan fingerprint density at radius 1 is 1.44 bits per heavy atom. The van der Waals surface area contributed by atoms with Crippen LogP contribution < -0.4 is 5.73 Å². The fourth-order valence-corrected chi connectivity index (χ4v) is 4.03. The summed E-state index contributed by atoms with van der Waals surface area (Å²) in [5, 5.41) is 0. The molecule has 18 heavy (non-hydrogen) atoms. The van der Waals surface area contributed by atoms with Crippen molar-refractivity contribution in [1.82, 2.24) is 4.90 Å². The van der Waals surface area contributed by atoms with Crippen LogP contribution in [-0.4, -0.2) is 24.0 Å². The van der Waals surface area contributed by atoms with Gasteiger partial charge in [-0.2, -0.15) is 0 Å². The van der Waals surface area contributed by atoms with Crippen molar-refractivity contribution >= 4 is 11.3 Å². The van der Waals surface area contributed by atoms with E-state index in [-0.39, 0.29) is 0 Å². The zero-order valence-corrected chi connectivity index (χ0v) is 12.5. The first kappa shape index (κ1) is 14.0. The molecule has 0 aromatic carbocycles. The average Bonchev–Trinajstić information content (AvgIpc) is 2.88. The maximum absolute atomic E-state index is 5.76. The lowest BCUT2D eigenvalue weighted by Gasteiger charge is -2.39. The highest BCUT2D eigenvalue weighted by atomic mass is 32.1. The van der Waals surface area contributed by atoms with Crippen LogP contribution in [0.3, 0.4) is 0 Å². The molecule has 0 bridgehead atoms. The molecule has 2 N–H and O–H groups in total. The first-order valence-corrected chi connectivity index (χ1v) is 8.12. The van der Waals surface area contributed by atoms with Crippen molar-refractivity contribution in [3.63, 3.8) is 0 Å². The van der Waals surface area contributed by atoms with Crippen LogP contribution in [0.1, 0.15) is 55.3 Å². The van der Waals surface area contributed by atoms with Crippen molar-refractivity contribution in [1.29, 1.82) is 0 Å². The summed E-state index contributed by atoms with van der Waals surface area (Å²) in [5.41, 5.74) is 5.76. The Balaban J connectivity index is 2.07. The predicted molar refractivity (Wildman–Crippen MR) is 80.1 cm³/mol. The smallest absolute Gasteiger partial charge is 0.0416 e. The molecule has 102 valence electrons. The zero-order valence-electron chi connectivity index (χ0n) is 11.7. The molecule has 2 unspecified atom stereocenters.